The molecule has 1 saturated heterocycles. The summed E-state index contributed by atoms with van der Waals surface area (Å²) in [6.07, 6.45) is 2.33. The Balaban J connectivity index is 1.17. The van der Waals surface area contributed by atoms with Crippen molar-refractivity contribution in [2.24, 2.45) is 11.8 Å². The molecule has 0 bridgehead atoms. The fourth-order valence-electron chi connectivity index (χ4n) is 5.16. The number of alkyl carbamates (subject to hydrolysis) is 1. The first kappa shape index (κ1) is 24.8. The number of rotatable bonds is 10. The standard InChI is InChI=1S/C28H34N2O5/c1-19(10-12-26(31)30-15-14-20(17-30)11-13-27(32)33)16-29-28(34)35-18-25-23-8-4-2-6-21(23)22-7-3-5-9-24(22)25/h2-9,19-20,25H,10-18H2,1H3,(H,29,34)(H,32,33). The predicted molar refractivity (Wildman–Crippen MR) is 133 cm³/mol. The van der Waals surface area contributed by atoms with Gasteiger partial charge in [0.1, 0.15) is 6.61 Å². The normalized spacial score (nSPS) is 17.5. The first-order chi connectivity index (χ1) is 16.9. The summed E-state index contributed by atoms with van der Waals surface area (Å²) in [6.45, 7) is 4.10. The number of nitrogens with one attached hydrogen (secondary N) is 1. The van der Waals surface area contributed by atoms with E-state index in [0.717, 1.165) is 6.42 Å². The second-order valence-electron chi connectivity index (χ2n) is 9.78. The smallest absolute Gasteiger partial charge is 0.407 e. The van der Waals surface area contributed by atoms with Gasteiger partial charge >= 0.3 is 12.1 Å². The van der Waals surface area contributed by atoms with Crippen LogP contribution in [0.15, 0.2) is 48.5 Å². The van der Waals surface area contributed by atoms with Crippen LogP contribution >= 0.6 is 0 Å². The van der Waals surface area contributed by atoms with Crippen molar-refractivity contribution in [1.29, 1.82) is 0 Å². The van der Waals surface area contributed by atoms with E-state index >= 15 is 0 Å². The van der Waals surface area contributed by atoms with Crippen LogP contribution in [0.1, 0.15) is 56.1 Å². The van der Waals surface area contributed by atoms with Gasteiger partial charge in [-0.3, -0.25) is 9.59 Å². The number of fused-ring (bicyclic) bond motifs is 3. The first-order valence-electron chi connectivity index (χ1n) is 12.5. The van der Waals surface area contributed by atoms with E-state index in [1.165, 1.54) is 22.3 Å². The number of ether oxygens (including phenoxy) is 1. The summed E-state index contributed by atoms with van der Waals surface area (Å²) in [5.74, 6) is -0.223. The van der Waals surface area contributed by atoms with Crippen LogP contribution in [0.2, 0.25) is 0 Å². The average molecular weight is 479 g/mol. The van der Waals surface area contributed by atoms with Crippen molar-refractivity contribution in [2.45, 2.75) is 44.9 Å². The predicted octanol–water partition coefficient (Wildman–Crippen LogP) is 4.65. The van der Waals surface area contributed by atoms with Crippen LogP contribution in [0.3, 0.4) is 0 Å². The molecule has 1 aliphatic carbocycles. The minimum Gasteiger partial charge on any atom is -0.481 e. The Morgan fingerprint density at radius 2 is 1.71 bits per heavy atom. The molecule has 2 amide bonds. The van der Waals surface area contributed by atoms with Gasteiger partial charge in [0.15, 0.2) is 0 Å². The lowest BCUT2D eigenvalue weighted by molar-refractivity contribution is -0.137. The summed E-state index contributed by atoms with van der Waals surface area (Å²) in [4.78, 5) is 37.5. The van der Waals surface area contributed by atoms with Gasteiger partial charge < -0.3 is 20.1 Å². The molecule has 2 atom stereocenters. The number of likely N-dealkylation sites (tertiary alicyclic amines) is 1. The van der Waals surface area contributed by atoms with Crippen molar-refractivity contribution in [1.82, 2.24) is 10.2 Å². The van der Waals surface area contributed by atoms with Gasteiger partial charge in [-0.25, -0.2) is 4.79 Å². The minimum atomic E-state index is -0.785. The molecule has 0 saturated carbocycles. The molecule has 1 aliphatic heterocycles. The maximum Gasteiger partial charge on any atom is 0.407 e. The first-order valence-corrected chi connectivity index (χ1v) is 12.5. The van der Waals surface area contributed by atoms with Crippen LogP contribution in [0, 0.1) is 11.8 Å². The fraction of sp³-hybridized carbons (Fsp3) is 0.464. The number of hydrogen-bond acceptors (Lipinski definition) is 4. The Hall–Kier alpha value is -3.35. The van der Waals surface area contributed by atoms with Crippen molar-refractivity contribution in [3.05, 3.63) is 59.7 Å². The van der Waals surface area contributed by atoms with Gasteiger partial charge in [0, 0.05) is 38.4 Å². The lowest BCUT2D eigenvalue weighted by atomic mass is 9.98. The molecule has 0 radical (unpaired) electrons. The molecule has 7 nitrogen and oxygen atoms in total. The lowest BCUT2D eigenvalue weighted by Crippen LogP contribution is -2.32. The molecule has 7 heteroatoms. The maximum atomic E-state index is 12.5. The largest absolute Gasteiger partial charge is 0.481 e. The van der Waals surface area contributed by atoms with Crippen LogP contribution in [0.5, 0.6) is 0 Å². The zero-order valence-electron chi connectivity index (χ0n) is 20.2. The van der Waals surface area contributed by atoms with Gasteiger partial charge in [-0.1, -0.05) is 55.5 Å². The number of aliphatic carboxylic acids is 1. The highest BCUT2D eigenvalue weighted by Crippen LogP contribution is 2.44. The van der Waals surface area contributed by atoms with Gasteiger partial charge in [0.05, 0.1) is 0 Å². The third kappa shape index (κ3) is 6.21. The van der Waals surface area contributed by atoms with Crippen molar-refractivity contribution >= 4 is 18.0 Å². The zero-order valence-corrected chi connectivity index (χ0v) is 20.2. The van der Waals surface area contributed by atoms with Crippen molar-refractivity contribution in [3.8, 4) is 11.1 Å². The topological polar surface area (TPSA) is 95.9 Å². The second kappa shape index (κ2) is 11.4. The van der Waals surface area contributed by atoms with Gasteiger partial charge in [-0.15, -0.1) is 0 Å². The molecule has 2 N–H and O–H groups in total. The number of amides is 2. The molecular weight excluding hydrogens is 444 g/mol. The number of carbonyl (C=O) groups is 3. The minimum absolute atomic E-state index is 0.0305. The van der Waals surface area contributed by atoms with E-state index in [1.807, 2.05) is 36.1 Å². The SMILES string of the molecule is CC(CCC(=O)N1CCC(CCC(=O)O)C1)CNC(=O)OCC1c2ccccc2-c2ccccc21. The highest BCUT2D eigenvalue weighted by Gasteiger charge is 2.29. The highest BCUT2D eigenvalue weighted by molar-refractivity contribution is 5.79. The van der Waals surface area contributed by atoms with Gasteiger partial charge in [-0.2, -0.15) is 0 Å². The van der Waals surface area contributed by atoms with Crippen LogP contribution in [-0.4, -0.2) is 54.2 Å². The van der Waals surface area contributed by atoms with E-state index in [2.05, 4.69) is 29.6 Å². The molecule has 0 spiro atoms. The quantitative estimate of drug-likeness (QED) is 0.518. The summed E-state index contributed by atoms with van der Waals surface area (Å²) >= 11 is 0. The number of benzene rings is 2. The molecule has 2 aliphatic rings. The Morgan fingerprint density at radius 1 is 1.06 bits per heavy atom. The summed E-state index contributed by atoms with van der Waals surface area (Å²) in [7, 11) is 0. The van der Waals surface area contributed by atoms with E-state index < -0.39 is 12.1 Å². The third-order valence-electron chi connectivity index (χ3n) is 7.19. The van der Waals surface area contributed by atoms with Crippen LogP contribution in [0.4, 0.5) is 4.79 Å². The summed E-state index contributed by atoms with van der Waals surface area (Å²) < 4.78 is 5.58. The van der Waals surface area contributed by atoms with Crippen molar-refractivity contribution in [2.75, 3.05) is 26.2 Å². The second-order valence-corrected chi connectivity index (χ2v) is 9.78. The van der Waals surface area contributed by atoms with E-state index in [0.29, 0.717) is 38.9 Å². The Labute approximate surface area is 206 Å². The number of nitrogens with zero attached hydrogens (tertiary/aromatic N) is 1. The van der Waals surface area contributed by atoms with Crippen molar-refractivity contribution < 1.29 is 24.2 Å². The fourth-order valence-corrected chi connectivity index (χ4v) is 5.16. The molecule has 2 aromatic rings. The zero-order chi connectivity index (χ0) is 24.8. The Bertz CT molecular complexity index is 1020. The monoisotopic (exact) mass is 478 g/mol. The highest BCUT2D eigenvalue weighted by atomic mass is 16.5. The summed E-state index contributed by atoms with van der Waals surface area (Å²) in [5, 5.41) is 11.7. The molecule has 35 heavy (non-hydrogen) atoms. The van der Waals surface area contributed by atoms with Gasteiger partial charge in [0.2, 0.25) is 5.91 Å². The van der Waals surface area contributed by atoms with Gasteiger partial charge in [0.25, 0.3) is 0 Å². The van der Waals surface area contributed by atoms with E-state index in [4.69, 9.17) is 9.84 Å². The number of carboxylic acids is 1. The molecule has 1 heterocycles. The third-order valence-corrected chi connectivity index (χ3v) is 7.19. The number of carboxylic acid groups (broad SMARTS) is 1. The van der Waals surface area contributed by atoms with E-state index in [1.54, 1.807) is 0 Å². The Kier molecular flexibility index (Phi) is 8.06. The lowest BCUT2D eigenvalue weighted by Gasteiger charge is -2.19. The summed E-state index contributed by atoms with van der Waals surface area (Å²) in [5.41, 5.74) is 4.75. The maximum absolute atomic E-state index is 12.5. The van der Waals surface area contributed by atoms with Crippen LogP contribution in [-0.2, 0) is 14.3 Å². The van der Waals surface area contributed by atoms with Crippen LogP contribution in [0.25, 0.3) is 11.1 Å². The number of carbonyl (C=O) groups excluding carboxylic acids is 2. The van der Waals surface area contributed by atoms with Gasteiger partial charge in [-0.05, 0) is 53.4 Å². The van der Waals surface area contributed by atoms with Crippen LogP contribution < -0.4 is 5.32 Å². The molecule has 186 valence electrons. The molecule has 2 aromatic carbocycles. The molecular formula is C28H34N2O5. The summed E-state index contributed by atoms with van der Waals surface area (Å²) in [6, 6.07) is 16.5. The molecule has 2 unspecified atom stereocenters. The molecule has 1 fully saturated rings. The van der Waals surface area contributed by atoms with E-state index in [9.17, 15) is 14.4 Å². The molecule has 4 rings (SSSR count). The van der Waals surface area contributed by atoms with E-state index in [-0.39, 0.29) is 36.7 Å². The molecule has 0 aromatic heterocycles. The Morgan fingerprint density at radius 3 is 2.37 bits per heavy atom. The number of hydrogen-bond donors (Lipinski definition) is 2. The average Bonchev–Trinajstić information content (AvgIpc) is 3.46. The van der Waals surface area contributed by atoms with Crippen molar-refractivity contribution in [3.63, 3.8) is 0 Å².